The van der Waals surface area contributed by atoms with Crippen molar-refractivity contribution >= 4 is 27.5 Å². The van der Waals surface area contributed by atoms with Crippen LogP contribution >= 0.6 is 0 Å². The van der Waals surface area contributed by atoms with E-state index in [2.05, 4.69) is 4.72 Å². The number of carbonyl (C=O) groups is 1. The Kier molecular flexibility index (Phi) is 3.91. The first-order valence-corrected chi connectivity index (χ1v) is 8.27. The van der Waals surface area contributed by atoms with Gasteiger partial charge >= 0.3 is 6.09 Å². The summed E-state index contributed by atoms with van der Waals surface area (Å²) in [6, 6.07) is 11.4. The smallest absolute Gasteiger partial charge is 0.414 e. The summed E-state index contributed by atoms with van der Waals surface area (Å²) in [6.07, 6.45) is -0.487. The Hall–Kier alpha value is -2.61. The summed E-state index contributed by atoms with van der Waals surface area (Å²) in [6.45, 7) is 0.673. The van der Waals surface area contributed by atoms with E-state index in [0.29, 0.717) is 12.2 Å². The predicted octanol–water partition coefficient (Wildman–Crippen LogP) is 2.58. The largest absolute Gasteiger partial charge is 0.447 e. The Morgan fingerprint density at radius 3 is 2.61 bits per heavy atom. The van der Waals surface area contributed by atoms with Gasteiger partial charge in [-0.1, -0.05) is 18.2 Å². The summed E-state index contributed by atoms with van der Waals surface area (Å²) in [5.74, 6) is -0.834. The summed E-state index contributed by atoms with van der Waals surface area (Å²) >= 11 is 0. The molecule has 0 radical (unpaired) electrons. The van der Waals surface area contributed by atoms with Gasteiger partial charge in [0.05, 0.1) is 12.2 Å². The second-order valence-electron chi connectivity index (χ2n) is 4.85. The molecule has 23 heavy (non-hydrogen) atoms. The lowest BCUT2D eigenvalue weighted by Gasteiger charge is -2.15. The van der Waals surface area contributed by atoms with E-state index in [4.69, 9.17) is 4.74 Å². The second-order valence-corrected chi connectivity index (χ2v) is 6.50. The van der Waals surface area contributed by atoms with Gasteiger partial charge in [-0.25, -0.2) is 17.6 Å². The van der Waals surface area contributed by atoms with Gasteiger partial charge in [-0.15, -0.1) is 0 Å². The van der Waals surface area contributed by atoms with E-state index in [0.717, 1.165) is 6.07 Å². The average molecular weight is 336 g/mol. The Balaban J connectivity index is 1.89. The van der Waals surface area contributed by atoms with Crippen LogP contribution in [0.5, 0.6) is 0 Å². The van der Waals surface area contributed by atoms with Gasteiger partial charge in [-0.3, -0.25) is 9.62 Å². The van der Waals surface area contributed by atoms with Crippen molar-refractivity contribution in [1.29, 1.82) is 0 Å². The second kappa shape index (κ2) is 5.88. The summed E-state index contributed by atoms with van der Waals surface area (Å²) < 4.78 is 45.4. The number of amides is 1. The Morgan fingerprint density at radius 1 is 1.13 bits per heavy atom. The van der Waals surface area contributed by atoms with E-state index in [1.807, 2.05) is 0 Å². The quantitative estimate of drug-likeness (QED) is 0.931. The molecule has 2 aromatic rings. The Labute approximate surface area is 132 Å². The van der Waals surface area contributed by atoms with Gasteiger partial charge in [-0.2, -0.15) is 0 Å². The normalized spacial score (nSPS) is 14.7. The molecular weight excluding hydrogens is 323 g/mol. The zero-order valence-electron chi connectivity index (χ0n) is 11.9. The number of halogens is 1. The maximum atomic E-state index is 13.7. The number of hydrogen-bond donors (Lipinski definition) is 1. The number of rotatable bonds is 4. The SMILES string of the molecule is O=C1OCCN1c1cccc(NS(=O)(=O)c2ccccc2F)c1. The number of benzene rings is 2. The molecule has 2 aromatic carbocycles. The molecule has 0 bridgehead atoms. The first-order valence-electron chi connectivity index (χ1n) is 6.79. The molecule has 1 saturated heterocycles. The van der Waals surface area contributed by atoms with Gasteiger partial charge in [0, 0.05) is 5.69 Å². The monoisotopic (exact) mass is 336 g/mol. The van der Waals surface area contributed by atoms with Crippen molar-refractivity contribution in [1.82, 2.24) is 0 Å². The highest BCUT2D eigenvalue weighted by Crippen LogP contribution is 2.24. The maximum Gasteiger partial charge on any atom is 0.414 e. The zero-order valence-corrected chi connectivity index (χ0v) is 12.7. The van der Waals surface area contributed by atoms with Gasteiger partial charge < -0.3 is 4.74 Å². The number of nitrogens with one attached hydrogen (secondary N) is 1. The molecule has 1 fully saturated rings. The summed E-state index contributed by atoms with van der Waals surface area (Å²) in [5.41, 5.74) is 0.728. The van der Waals surface area contributed by atoms with Crippen LogP contribution in [0.15, 0.2) is 53.4 Å². The number of sulfonamides is 1. The van der Waals surface area contributed by atoms with Gasteiger partial charge in [0.2, 0.25) is 0 Å². The molecule has 0 saturated carbocycles. The van der Waals surface area contributed by atoms with Crippen LogP contribution in [0, 0.1) is 5.82 Å². The molecule has 0 spiro atoms. The summed E-state index contributed by atoms with van der Waals surface area (Å²) in [7, 11) is -4.06. The molecule has 3 rings (SSSR count). The van der Waals surface area contributed by atoms with Crippen LogP contribution in [-0.2, 0) is 14.8 Å². The highest BCUT2D eigenvalue weighted by atomic mass is 32.2. The number of ether oxygens (including phenoxy) is 1. The van der Waals surface area contributed by atoms with E-state index < -0.39 is 26.8 Å². The van der Waals surface area contributed by atoms with Gasteiger partial charge in [0.25, 0.3) is 10.0 Å². The zero-order chi connectivity index (χ0) is 16.4. The molecule has 1 heterocycles. The molecule has 1 amide bonds. The van der Waals surface area contributed by atoms with E-state index in [-0.39, 0.29) is 12.3 Å². The molecule has 6 nitrogen and oxygen atoms in total. The maximum absolute atomic E-state index is 13.7. The predicted molar refractivity (Wildman–Crippen MR) is 82.3 cm³/mol. The molecule has 120 valence electrons. The van der Waals surface area contributed by atoms with Crippen LogP contribution in [0.3, 0.4) is 0 Å². The van der Waals surface area contributed by atoms with Crippen LogP contribution in [0.1, 0.15) is 0 Å². The molecule has 0 aliphatic carbocycles. The van der Waals surface area contributed by atoms with E-state index in [9.17, 15) is 17.6 Å². The van der Waals surface area contributed by atoms with Crippen molar-refractivity contribution in [3.8, 4) is 0 Å². The number of cyclic esters (lactones) is 1. The fraction of sp³-hybridized carbons (Fsp3) is 0.133. The minimum atomic E-state index is -4.06. The minimum absolute atomic E-state index is 0.227. The van der Waals surface area contributed by atoms with Crippen molar-refractivity contribution in [2.75, 3.05) is 22.8 Å². The Morgan fingerprint density at radius 2 is 1.91 bits per heavy atom. The molecule has 1 N–H and O–H groups in total. The van der Waals surface area contributed by atoms with Crippen LogP contribution in [0.25, 0.3) is 0 Å². The Bertz CT molecular complexity index is 854. The van der Waals surface area contributed by atoms with E-state index >= 15 is 0 Å². The molecule has 0 atom stereocenters. The molecule has 0 unspecified atom stereocenters. The van der Waals surface area contributed by atoms with Crippen LogP contribution in [-0.4, -0.2) is 27.7 Å². The lowest BCUT2D eigenvalue weighted by Crippen LogP contribution is -2.23. The highest BCUT2D eigenvalue weighted by molar-refractivity contribution is 7.92. The number of carbonyl (C=O) groups excluding carboxylic acids is 1. The van der Waals surface area contributed by atoms with Crippen LogP contribution in [0.4, 0.5) is 20.6 Å². The third-order valence-corrected chi connectivity index (χ3v) is 4.71. The molecule has 1 aliphatic rings. The lowest BCUT2D eigenvalue weighted by atomic mass is 10.2. The van der Waals surface area contributed by atoms with Gasteiger partial charge in [0.15, 0.2) is 0 Å². The number of anilines is 2. The third kappa shape index (κ3) is 3.11. The first kappa shape index (κ1) is 15.3. The molecule has 8 heteroatoms. The summed E-state index contributed by atoms with van der Waals surface area (Å²) in [4.78, 5) is 12.5. The minimum Gasteiger partial charge on any atom is -0.447 e. The van der Waals surface area contributed by atoms with Crippen molar-refractivity contribution in [2.24, 2.45) is 0 Å². The molecular formula is C15H13FN2O4S. The molecule has 0 aromatic heterocycles. The van der Waals surface area contributed by atoms with E-state index in [1.165, 1.54) is 35.2 Å². The van der Waals surface area contributed by atoms with Crippen LogP contribution in [0.2, 0.25) is 0 Å². The van der Waals surface area contributed by atoms with Crippen molar-refractivity contribution in [2.45, 2.75) is 4.90 Å². The fourth-order valence-electron chi connectivity index (χ4n) is 2.24. The van der Waals surface area contributed by atoms with Gasteiger partial charge in [0.1, 0.15) is 17.3 Å². The first-order chi connectivity index (χ1) is 11.0. The lowest BCUT2D eigenvalue weighted by molar-refractivity contribution is 0.181. The standard InChI is InChI=1S/C15H13FN2O4S/c16-13-6-1-2-7-14(13)23(20,21)17-11-4-3-5-12(10-11)18-8-9-22-15(18)19/h1-7,10,17H,8-9H2. The van der Waals surface area contributed by atoms with Gasteiger partial charge in [-0.05, 0) is 30.3 Å². The third-order valence-electron chi connectivity index (χ3n) is 3.30. The van der Waals surface area contributed by atoms with Crippen molar-refractivity contribution in [3.63, 3.8) is 0 Å². The summed E-state index contributed by atoms with van der Waals surface area (Å²) in [5, 5.41) is 0. The topological polar surface area (TPSA) is 75.7 Å². The van der Waals surface area contributed by atoms with Crippen molar-refractivity contribution in [3.05, 3.63) is 54.3 Å². The number of nitrogens with zero attached hydrogens (tertiary/aromatic N) is 1. The highest BCUT2D eigenvalue weighted by Gasteiger charge is 2.24. The van der Waals surface area contributed by atoms with E-state index in [1.54, 1.807) is 12.1 Å². The average Bonchev–Trinajstić information content (AvgIpc) is 2.93. The fourth-order valence-corrected chi connectivity index (χ4v) is 3.37. The number of hydrogen-bond acceptors (Lipinski definition) is 4. The van der Waals surface area contributed by atoms with Crippen LogP contribution < -0.4 is 9.62 Å². The van der Waals surface area contributed by atoms with Crippen molar-refractivity contribution < 1.29 is 22.3 Å². The molecule has 1 aliphatic heterocycles.